The zero-order valence-electron chi connectivity index (χ0n) is 12.4. The zero-order chi connectivity index (χ0) is 16.3. The van der Waals surface area contributed by atoms with Gasteiger partial charge in [0.25, 0.3) is 0 Å². The van der Waals surface area contributed by atoms with Gasteiger partial charge < -0.3 is 10.1 Å². The molecule has 0 aliphatic heterocycles. The molecular weight excluding hydrogens is 326 g/mol. The van der Waals surface area contributed by atoms with Crippen LogP contribution < -0.4 is 5.32 Å². The number of aromatic nitrogens is 2. The van der Waals surface area contributed by atoms with E-state index < -0.39 is 5.97 Å². The van der Waals surface area contributed by atoms with Gasteiger partial charge in [0, 0.05) is 11.1 Å². The summed E-state index contributed by atoms with van der Waals surface area (Å²) in [6.07, 6.45) is 3.17. The van der Waals surface area contributed by atoms with Gasteiger partial charge in [0.05, 0.1) is 36.4 Å². The molecule has 8 heteroatoms. The number of amides is 1. The molecule has 2 rings (SSSR count). The third-order valence-corrected chi connectivity index (χ3v) is 4.17. The minimum Gasteiger partial charge on any atom is -0.465 e. The Morgan fingerprint density at radius 2 is 2.27 bits per heavy atom. The van der Waals surface area contributed by atoms with Crippen LogP contribution in [0.5, 0.6) is 0 Å². The van der Waals surface area contributed by atoms with E-state index in [-0.39, 0.29) is 11.8 Å². The molecule has 0 radical (unpaired) electrons. The summed E-state index contributed by atoms with van der Waals surface area (Å²) >= 11 is 7.13. The monoisotopic (exact) mass is 341 g/mol. The van der Waals surface area contributed by atoms with E-state index in [1.807, 2.05) is 6.92 Å². The summed E-state index contributed by atoms with van der Waals surface area (Å²) in [5.41, 5.74) is 0.368. The minimum absolute atomic E-state index is 0.196. The van der Waals surface area contributed by atoms with E-state index in [4.69, 9.17) is 16.3 Å². The van der Waals surface area contributed by atoms with Gasteiger partial charge in [-0.15, -0.1) is 11.3 Å². The lowest BCUT2D eigenvalue weighted by Crippen LogP contribution is -2.25. The standard InChI is InChI=1S/C14H16ClN3O3S/c1-8(6-18-7-10(15)5-16-18)12(19)17-13-11(14(20)21-3)4-9(2)22-13/h4-5,7-8H,6H2,1-3H3,(H,17,19). The molecule has 2 aromatic rings. The molecule has 0 spiro atoms. The average molecular weight is 342 g/mol. The van der Waals surface area contributed by atoms with Gasteiger partial charge >= 0.3 is 5.97 Å². The first-order valence-corrected chi connectivity index (χ1v) is 7.77. The summed E-state index contributed by atoms with van der Waals surface area (Å²) in [7, 11) is 1.31. The number of esters is 1. The van der Waals surface area contributed by atoms with Crippen LogP contribution >= 0.6 is 22.9 Å². The maximum atomic E-state index is 12.3. The third kappa shape index (κ3) is 3.86. The Bertz CT molecular complexity index is 695. The molecule has 1 unspecified atom stereocenters. The highest BCUT2D eigenvalue weighted by Crippen LogP contribution is 2.28. The number of anilines is 1. The Kier molecular flexibility index (Phi) is 5.20. The van der Waals surface area contributed by atoms with Crippen molar-refractivity contribution in [1.29, 1.82) is 0 Å². The number of methoxy groups -OCH3 is 1. The smallest absolute Gasteiger partial charge is 0.340 e. The fourth-order valence-electron chi connectivity index (χ4n) is 1.91. The number of halogens is 1. The van der Waals surface area contributed by atoms with E-state index in [1.54, 1.807) is 23.9 Å². The largest absolute Gasteiger partial charge is 0.465 e. The van der Waals surface area contributed by atoms with Crippen LogP contribution in [0.4, 0.5) is 5.00 Å². The third-order valence-electron chi connectivity index (χ3n) is 3.01. The molecule has 0 fully saturated rings. The van der Waals surface area contributed by atoms with Crippen molar-refractivity contribution in [3.8, 4) is 0 Å². The number of nitrogens with zero attached hydrogens (tertiary/aromatic N) is 2. The van der Waals surface area contributed by atoms with E-state index in [9.17, 15) is 9.59 Å². The Morgan fingerprint density at radius 3 is 2.86 bits per heavy atom. The lowest BCUT2D eigenvalue weighted by atomic mass is 10.1. The number of carbonyl (C=O) groups is 2. The Labute approximate surface area is 137 Å². The van der Waals surface area contributed by atoms with Gasteiger partial charge in [0.15, 0.2) is 0 Å². The van der Waals surface area contributed by atoms with Crippen molar-refractivity contribution in [1.82, 2.24) is 9.78 Å². The highest BCUT2D eigenvalue weighted by atomic mass is 35.5. The van der Waals surface area contributed by atoms with Crippen LogP contribution in [0.25, 0.3) is 0 Å². The topological polar surface area (TPSA) is 73.2 Å². The first kappa shape index (κ1) is 16.5. The van der Waals surface area contributed by atoms with Crippen LogP contribution in [0, 0.1) is 12.8 Å². The summed E-state index contributed by atoms with van der Waals surface area (Å²) in [5, 5.41) is 7.84. The van der Waals surface area contributed by atoms with Crippen LogP contribution in [0.15, 0.2) is 18.5 Å². The first-order chi connectivity index (χ1) is 10.4. The van der Waals surface area contributed by atoms with Crippen LogP contribution in [0.1, 0.15) is 22.2 Å². The second-order valence-corrected chi connectivity index (χ2v) is 6.56. The van der Waals surface area contributed by atoms with Crippen molar-refractivity contribution in [2.75, 3.05) is 12.4 Å². The molecule has 118 valence electrons. The molecule has 1 atom stereocenters. The lowest BCUT2D eigenvalue weighted by molar-refractivity contribution is -0.119. The maximum Gasteiger partial charge on any atom is 0.340 e. The van der Waals surface area contributed by atoms with E-state index >= 15 is 0 Å². The predicted molar refractivity (Wildman–Crippen MR) is 85.4 cm³/mol. The van der Waals surface area contributed by atoms with Crippen molar-refractivity contribution >= 4 is 39.8 Å². The molecule has 2 heterocycles. The predicted octanol–water partition coefficient (Wildman–Crippen LogP) is 2.97. The summed E-state index contributed by atoms with van der Waals surface area (Å²) in [6.45, 7) is 4.04. The van der Waals surface area contributed by atoms with Gasteiger partial charge in [-0.25, -0.2) is 4.79 Å². The Hall–Kier alpha value is -1.86. The average Bonchev–Trinajstić information content (AvgIpc) is 3.03. The SMILES string of the molecule is COC(=O)c1cc(C)sc1NC(=O)C(C)Cn1cc(Cl)cn1. The number of hydrogen-bond acceptors (Lipinski definition) is 5. The molecule has 2 aromatic heterocycles. The molecule has 1 N–H and O–H groups in total. The summed E-state index contributed by atoms with van der Waals surface area (Å²) in [5.74, 6) is -0.992. The molecule has 0 saturated carbocycles. The molecule has 0 aliphatic rings. The fraction of sp³-hybridized carbons (Fsp3) is 0.357. The molecule has 1 amide bonds. The van der Waals surface area contributed by atoms with E-state index in [1.165, 1.54) is 24.6 Å². The van der Waals surface area contributed by atoms with Gasteiger partial charge in [0.1, 0.15) is 5.00 Å². The van der Waals surface area contributed by atoms with Crippen LogP contribution in [-0.2, 0) is 16.1 Å². The van der Waals surface area contributed by atoms with Gasteiger partial charge in [0.2, 0.25) is 5.91 Å². The molecular formula is C14H16ClN3O3S. The van der Waals surface area contributed by atoms with Crippen LogP contribution in [0.3, 0.4) is 0 Å². The van der Waals surface area contributed by atoms with Crippen LogP contribution in [-0.4, -0.2) is 28.8 Å². The number of thiophene rings is 1. The number of hydrogen-bond donors (Lipinski definition) is 1. The second-order valence-electron chi connectivity index (χ2n) is 4.86. The van der Waals surface area contributed by atoms with Gasteiger partial charge in [-0.2, -0.15) is 5.10 Å². The number of carbonyl (C=O) groups excluding carboxylic acids is 2. The number of rotatable bonds is 5. The van der Waals surface area contributed by atoms with Crippen molar-refractivity contribution in [2.24, 2.45) is 5.92 Å². The highest BCUT2D eigenvalue weighted by molar-refractivity contribution is 7.16. The molecule has 0 bridgehead atoms. The van der Waals surface area contributed by atoms with Gasteiger partial charge in [-0.05, 0) is 13.0 Å². The van der Waals surface area contributed by atoms with Gasteiger partial charge in [-0.1, -0.05) is 18.5 Å². The molecule has 6 nitrogen and oxygen atoms in total. The van der Waals surface area contributed by atoms with E-state index in [0.29, 0.717) is 22.1 Å². The summed E-state index contributed by atoms with van der Waals surface area (Å²) in [4.78, 5) is 24.9. The van der Waals surface area contributed by atoms with Crippen molar-refractivity contribution < 1.29 is 14.3 Å². The Balaban J connectivity index is 2.06. The van der Waals surface area contributed by atoms with E-state index in [0.717, 1.165) is 4.88 Å². The molecule has 22 heavy (non-hydrogen) atoms. The quantitative estimate of drug-likeness (QED) is 0.848. The summed E-state index contributed by atoms with van der Waals surface area (Å²) in [6, 6.07) is 1.70. The van der Waals surface area contributed by atoms with Crippen molar-refractivity contribution in [3.05, 3.63) is 33.9 Å². The highest BCUT2D eigenvalue weighted by Gasteiger charge is 2.20. The fourth-order valence-corrected chi connectivity index (χ4v) is 2.96. The maximum absolute atomic E-state index is 12.3. The minimum atomic E-state index is -0.467. The molecule has 0 aromatic carbocycles. The normalized spacial score (nSPS) is 12.0. The Morgan fingerprint density at radius 1 is 1.55 bits per heavy atom. The van der Waals surface area contributed by atoms with Crippen molar-refractivity contribution in [2.45, 2.75) is 20.4 Å². The number of aryl methyl sites for hydroxylation is 1. The molecule has 0 saturated heterocycles. The lowest BCUT2D eigenvalue weighted by Gasteiger charge is -2.12. The van der Waals surface area contributed by atoms with E-state index in [2.05, 4.69) is 10.4 Å². The number of ether oxygens (including phenoxy) is 1. The first-order valence-electron chi connectivity index (χ1n) is 6.58. The van der Waals surface area contributed by atoms with Crippen molar-refractivity contribution in [3.63, 3.8) is 0 Å². The van der Waals surface area contributed by atoms with Crippen LogP contribution in [0.2, 0.25) is 5.02 Å². The number of nitrogens with one attached hydrogen (secondary N) is 1. The zero-order valence-corrected chi connectivity index (χ0v) is 14.0. The second kappa shape index (κ2) is 6.93. The van der Waals surface area contributed by atoms with Gasteiger partial charge in [-0.3, -0.25) is 9.48 Å². The molecule has 0 aliphatic carbocycles. The summed E-state index contributed by atoms with van der Waals surface area (Å²) < 4.78 is 6.32.